The number of carbonyl (C=O) groups excluding carboxylic acids is 4. The van der Waals surface area contributed by atoms with Crippen molar-refractivity contribution in [3.63, 3.8) is 0 Å². The molecule has 0 spiro atoms. The Hall–Kier alpha value is -6.14. The van der Waals surface area contributed by atoms with Crippen molar-refractivity contribution in [3.8, 4) is 27.4 Å². The molecule has 0 unspecified atom stereocenters. The van der Waals surface area contributed by atoms with E-state index in [0.717, 1.165) is 49.7 Å². The minimum Gasteiger partial charge on any atom is -0.486 e. The van der Waals surface area contributed by atoms with Gasteiger partial charge in [-0.1, -0.05) is 68.2 Å². The molecular weight excluding hydrogens is 964 g/mol. The van der Waals surface area contributed by atoms with Crippen LogP contribution in [0.4, 0.5) is 5.82 Å². The molecule has 6 aromatic rings. The molecule has 2 saturated heterocycles. The molecule has 19 heteroatoms. The van der Waals surface area contributed by atoms with Crippen LogP contribution in [-0.4, -0.2) is 115 Å². The van der Waals surface area contributed by atoms with Crippen molar-refractivity contribution in [2.75, 3.05) is 37.6 Å². The van der Waals surface area contributed by atoms with Crippen molar-refractivity contribution in [1.82, 2.24) is 45.6 Å². The molecule has 2 aromatic carbocycles. The van der Waals surface area contributed by atoms with Gasteiger partial charge >= 0.3 is 0 Å². The number of aryl methyl sites for hydroxylation is 1. The van der Waals surface area contributed by atoms with Gasteiger partial charge in [0.25, 0.3) is 0 Å². The molecule has 5 atom stereocenters. The first-order chi connectivity index (χ1) is 33.9. The number of aliphatic hydroxyl groups is 1. The number of aliphatic hydroxyl groups excluding tert-OH is 1. The molecule has 2 aliphatic rings. The van der Waals surface area contributed by atoms with Gasteiger partial charge in [-0.3, -0.25) is 29.3 Å². The smallest absolute Gasteiger partial charge is 0.246 e. The third kappa shape index (κ3) is 12.0. The topological polar surface area (TPSA) is 199 Å². The zero-order valence-corrected chi connectivity index (χ0v) is 43.1. The summed E-state index contributed by atoms with van der Waals surface area (Å²) in [6.07, 6.45) is 5.08. The summed E-state index contributed by atoms with van der Waals surface area (Å²) < 4.78 is 6.24. The number of rotatable bonds is 16. The van der Waals surface area contributed by atoms with Crippen molar-refractivity contribution in [3.05, 3.63) is 106 Å². The molecule has 374 valence electrons. The number of H-pyrrole nitrogens is 1. The quantitative estimate of drug-likeness (QED) is 0.0679. The van der Waals surface area contributed by atoms with Crippen molar-refractivity contribution < 1.29 is 29.0 Å². The van der Waals surface area contributed by atoms with Gasteiger partial charge in [-0.25, -0.2) is 9.97 Å². The highest BCUT2D eigenvalue weighted by Crippen LogP contribution is 2.36. The molecule has 4 aromatic heterocycles. The number of amides is 4. The number of halogens is 2. The minimum absolute atomic E-state index is 0.0144. The highest BCUT2D eigenvalue weighted by molar-refractivity contribution is 7.13. The SMILES string of the molecule is Cc1ncsc1-c1ccc([C@H](C)NC(=O)[C@@H]2C[C@@H](O)CN2C(=O)[C@@H](NC(=O)CCCCC(=O)N2CCN(c3ccc(-c4n[nH]c5ccc(O[C@H](C)c6c(Cl)cncc6Cl)cc45)cn3)CC2)C(C)(C)C)cc1. The Balaban J connectivity index is 0.780. The lowest BCUT2D eigenvalue weighted by Gasteiger charge is -2.35. The first kappa shape index (κ1) is 51.2. The average Bonchev–Trinajstić information content (AvgIpc) is 4.09. The van der Waals surface area contributed by atoms with Gasteiger partial charge in [-0.15, -0.1) is 11.3 Å². The van der Waals surface area contributed by atoms with Crippen LogP contribution in [0.25, 0.3) is 32.6 Å². The Morgan fingerprint density at radius 1 is 0.901 bits per heavy atom. The van der Waals surface area contributed by atoms with E-state index in [1.807, 2.05) is 107 Å². The lowest BCUT2D eigenvalue weighted by atomic mass is 9.85. The van der Waals surface area contributed by atoms with Crippen LogP contribution < -0.4 is 20.3 Å². The van der Waals surface area contributed by atoms with Crippen LogP contribution in [0.3, 0.4) is 0 Å². The Morgan fingerprint density at radius 2 is 1.61 bits per heavy atom. The number of likely N-dealkylation sites (tertiary alicyclic amines) is 1. The van der Waals surface area contributed by atoms with E-state index in [1.165, 1.54) is 4.90 Å². The predicted molar refractivity (Wildman–Crippen MR) is 276 cm³/mol. The van der Waals surface area contributed by atoms with Crippen LogP contribution in [-0.2, 0) is 19.2 Å². The molecule has 4 amide bonds. The molecule has 8 rings (SSSR count). The van der Waals surface area contributed by atoms with Crippen molar-refractivity contribution in [1.29, 1.82) is 0 Å². The standard InChI is InChI=1S/C52H60Cl2N10O6S/c1-30(33-11-13-34(14-12-33)48-31(2)57-29-71-48)58-50(68)42-23-36(65)28-64(42)51(69)49(52(4,5)6)59-44(66)9-7-8-10-45(67)63-21-19-62(20-22-63)43-18-15-35(25-56-43)47-38-24-37(16-17-41(38)60-61-47)70-32(3)46-39(53)26-55-27-40(46)54/h11-18,24-27,29-30,32,36,42,49,65H,7-10,19-23,28H2,1-6H3,(H,58,68)(H,59,66)(H,60,61)/t30-,32+,36+,42-,49+/m0/s1. The van der Waals surface area contributed by atoms with Crippen LogP contribution in [0.1, 0.15) is 95.7 Å². The minimum atomic E-state index is -0.938. The number of pyridine rings is 2. The maximum Gasteiger partial charge on any atom is 0.246 e. The molecule has 16 nitrogen and oxygen atoms in total. The molecule has 0 bridgehead atoms. The van der Waals surface area contributed by atoms with E-state index in [2.05, 4.69) is 35.7 Å². The summed E-state index contributed by atoms with van der Waals surface area (Å²) in [6.45, 7) is 13.6. The van der Waals surface area contributed by atoms with Gasteiger partial charge in [0.2, 0.25) is 23.6 Å². The summed E-state index contributed by atoms with van der Waals surface area (Å²) in [5.41, 5.74) is 7.11. The first-order valence-electron chi connectivity index (χ1n) is 24.0. The van der Waals surface area contributed by atoms with E-state index in [-0.39, 0.29) is 43.1 Å². The number of carbonyl (C=O) groups is 4. The third-order valence-corrected chi connectivity index (χ3v) is 14.8. The Morgan fingerprint density at radius 3 is 2.27 bits per heavy atom. The lowest BCUT2D eigenvalue weighted by Crippen LogP contribution is -2.57. The highest BCUT2D eigenvalue weighted by atomic mass is 35.5. The number of aromatic nitrogens is 5. The number of hydrogen-bond donors (Lipinski definition) is 4. The summed E-state index contributed by atoms with van der Waals surface area (Å²) in [5, 5.41) is 26.1. The van der Waals surface area contributed by atoms with Crippen LogP contribution in [0.15, 0.2) is 78.7 Å². The number of unbranched alkanes of at least 4 members (excludes halogenated alkanes) is 1. The van der Waals surface area contributed by atoms with Gasteiger partial charge < -0.3 is 35.2 Å². The van der Waals surface area contributed by atoms with Gasteiger partial charge in [0, 0.05) is 87.1 Å². The van der Waals surface area contributed by atoms with Crippen LogP contribution in [0.2, 0.25) is 10.0 Å². The van der Waals surface area contributed by atoms with Gasteiger partial charge in [0.15, 0.2) is 0 Å². The van der Waals surface area contributed by atoms with Crippen molar-refractivity contribution >= 4 is 74.9 Å². The molecular formula is C52H60Cl2N10O6S. The summed E-state index contributed by atoms with van der Waals surface area (Å²) in [4.78, 5) is 74.1. The first-order valence-corrected chi connectivity index (χ1v) is 25.6. The average molecular weight is 1020 g/mol. The van der Waals surface area contributed by atoms with E-state index in [9.17, 15) is 24.3 Å². The summed E-state index contributed by atoms with van der Waals surface area (Å²) in [6, 6.07) is 15.4. The summed E-state index contributed by atoms with van der Waals surface area (Å²) >= 11 is 14.3. The van der Waals surface area contributed by atoms with Gasteiger partial charge in [0.05, 0.1) is 43.8 Å². The molecule has 2 fully saturated rings. The van der Waals surface area contributed by atoms with Gasteiger partial charge in [-0.05, 0) is 80.5 Å². The fourth-order valence-electron chi connectivity index (χ4n) is 9.23. The number of piperazine rings is 1. The molecule has 0 aliphatic carbocycles. The third-order valence-electron chi connectivity index (χ3n) is 13.2. The molecule has 4 N–H and O–H groups in total. The predicted octanol–water partition coefficient (Wildman–Crippen LogP) is 8.48. The number of nitrogens with zero attached hydrogens (tertiary/aromatic N) is 7. The zero-order chi connectivity index (χ0) is 50.6. The Kier molecular flexibility index (Phi) is 15.9. The van der Waals surface area contributed by atoms with Crippen LogP contribution in [0, 0.1) is 12.3 Å². The zero-order valence-electron chi connectivity index (χ0n) is 40.7. The maximum absolute atomic E-state index is 14.2. The molecule has 71 heavy (non-hydrogen) atoms. The fraction of sp³-hybridized carbons (Fsp3) is 0.423. The number of hydrogen-bond acceptors (Lipinski definition) is 12. The van der Waals surface area contributed by atoms with E-state index in [0.29, 0.717) is 66.8 Å². The monoisotopic (exact) mass is 1020 g/mol. The largest absolute Gasteiger partial charge is 0.486 e. The Labute approximate surface area is 427 Å². The van der Waals surface area contributed by atoms with Crippen molar-refractivity contribution in [2.45, 2.75) is 104 Å². The second-order valence-corrected chi connectivity index (χ2v) is 21.1. The number of thiazole rings is 1. The Bertz CT molecular complexity index is 2840. The molecule has 6 heterocycles. The number of fused-ring (bicyclic) bond motifs is 1. The fourth-order valence-corrected chi connectivity index (χ4v) is 10.7. The summed E-state index contributed by atoms with van der Waals surface area (Å²) in [5.74, 6) is 0.360. The number of benzene rings is 2. The second kappa shape index (κ2) is 22.1. The van der Waals surface area contributed by atoms with E-state index < -0.39 is 35.6 Å². The van der Waals surface area contributed by atoms with E-state index in [1.54, 1.807) is 29.9 Å². The molecule has 0 saturated carbocycles. The lowest BCUT2D eigenvalue weighted by molar-refractivity contribution is -0.144. The number of nitrogens with one attached hydrogen (secondary N) is 3. The number of anilines is 1. The van der Waals surface area contributed by atoms with Crippen LogP contribution in [0.5, 0.6) is 5.75 Å². The molecule has 2 aliphatic heterocycles. The number of aromatic amines is 1. The highest BCUT2D eigenvalue weighted by Gasteiger charge is 2.44. The van der Waals surface area contributed by atoms with Gasteiger partial charge in [0.1, 0.15) is 35.4 Å². The second-order valence-electron chi connectivity index (χ2n) is 19.4. The number of ether oxygens (including phenoxy) is 1. The number of β-amino-alcohol motifs (C(OH)–C–C–N with tert-alkyl or cyclic N) is 1. The van der Waals surface area contributed by atoms with Crippen LogP contribution >= 0.6 is 34.5 Å². The van der Waals surface area contributed by atoms with E-state index in [4.69, 9.17) is 32.9 Å². The normalized spacial score (nSPS) is 17.5. The molecule has 0 radical (unpaired) electrons. The summed E-state index contributed by atoms with van der Waals surface area (Å²) in [7, 11) is 0. The van der Waals surface area contributed by atoms with E-state index >= 15 is 0 Å². The van der Waals surface area contributed by atoms with Gasteiger partial charge in [-0.2, -0.15) is 5.10 Å². The maximum atomic E-state index is 14.2. The van der Waals surface area contributed by atoms with Crippen molar-refractivity contribution in [2.24, 2.45) is 5.41 Å².